The summed E-state index contributed by atoms with van der Waals surface area (Å²) >= 11 is 0. The highest BCUT2D eigenvalue weighted by molar-refractivity contribution is 5.28. The van der Waals surface area contributed by atoms with E-state index in [1.807, 2.05) is 19.2 Å². The van der Waals surface area contributed by atoms with Crippen LogP contribution in [0.2, 0.25) is 0 Å². The lowest BCUT2D eigenvalue weighted by Gasteiger charge is -2.08. The summed E-state index contributed by atoms with van der Waals surface area (Å²) in [5, 5.41) is 3.13. The zero-order chi connectivity index (χ0) is 12.6. The van der Waals surface area contributed by atoms with Gasteiger partial charge in [-0.2, -0.15) is 0 Å². The summed E-state index contributed by atoms with van der Waals surface area (Å²) in [5.41, 5.74) is 1.24. The van der Waals surface area contributed by atoms with Crippen LogP contribution in [0.4, 0.5) is 0 Å². The van der Waals surface area contributed by atoms with Crippen LogP contribution in [-0.4, -0.2) is 26.9 Å². The second-order valence-corrected chi connectivity index (χ2v) is 4.87. The maximum absolute atomic E-state index is 5.66. The van der Waals surface area contributed by atoms with Crippen molar-refractivity contribution in [1.82, 2.24) is 5.32 Å². The highest BCUT2D eigenvalue weighted by Gasteiger charge is 2.20. The zero-order valence-electron chi connectivity index (χ0n) is 11.2. The standard InChI is InChI=1S/C15H23NO2/c1-16-12-14-3-2-4-15(11-14)18-10-9-17-8-7-13-5-6-13/h2-4,11,13,16H,5-10,12H2,1H3. The Labute approximate surface area is 109 Å². The van der Waals surface area contributed by atoms with E-state index >= 15 is 0 Å². The highest BCUT2D eigenvalue weighted by atomic mass is 16.5. The van der Waals surface area contributed by atoms with Gasteiger partial charge in [0.2, 0.25) is 0 Å². The van der Waals surface area contributed by atoms with E-state index in [1.54, 1.807) is 0 Å². The van der Waals surface area contributed by atoms with Gasteiger partial charge in [-0.3, -0.25) is 0 Å². The van der Waals surface area contributed by atoms with Crippen molar-refractivity contribution >= 4 is 0 Å². The molecule has 0 heterocycles. The van der Waals surface area contributed by atoms with E-state index in [2.05, 4.69) is 17.4 Å². The smallest absolute Gasteiger partial charge is 0.119 e. The molecule has 0 aliphatic heterocycles. The van der Waals surface area contributed by atoms with Crippen LogP contribution in [0, 0.1) is 5.92 Å². The molecule has 0 spiro atoms. The third-order valence-corrected chi connectivity index (χ3v) is 3.14. The molecule has 1 aromatic carbocycles. The monoisotopic (exact) mass is 249 g/mol. The van der Waals surface area contributed by atoms with Crippen LogP contribution in [0.25, 0.3) is 0 Å². The van der Waals surface area contributed by atoms with Crippen LogP contribution in [0.3, 0.4) is 0 Å². The molecular formula is C15H23NO2. The normalized spacial score (nSPS) is 14.7. The molecule has 0 aromatic heterocycles. The molecule has 100 valence electrons. The summed E-state index contributed by atoms with van der Waals surface area (Å²) < 4.78 is 11.2. The lowest BCUT2D eigenvalue weighted by molar-refractivity contribution is 0.0958. The van der Waals surface area contributed by atoms with Crippen molar-refractivity contribution < 1.29 is 9.47 Å². The van der Waals surface area contributed by atoms with E-state index in [1.165, 1.54) is 24.8 Å². The largest absolute Gasteiger partial charge is 0.491 e. The molecule has 0 saturated heterocycles. The predicted octanol–water partition coefficient (Wildman–Crippen LogP) is 2.60. The van der Waals surface area contributed by atoms with E-state index < -0.39 is 0 Å². The molecule has 1 aromatic rings. The lowest BCUT2D eigenvalue weighted by Crippen LogP contribution is -2.09. The summed E-state index contributed by atoms with van der Waals surface area (Å²) in [6.45, 7) is 3.07. The SMILES string of the molecule is CNCc1cccc(OCCOCCC2CC2)c1. The third-order valence-electron chi connectivity index (χ3n) is 3.14. The Morgan fingerprint density at radius 3 is 2.89 bits per heavy atom. The van der Waals surface area contributed by atoms with Gasteiger partial charge in [0.1, 0.15) is 12.4 Å². The fourth-order valence-corrected chi connectivity index (χ4v) is 1.93. The number of rotatable bonds is 9. The molecule has 1 fully saturated rings. The van der Waals surface area contributed by atoms with E-state index in [9.17, 15) is 0 Å². The van der Waals surface area contributed by atoms with E-state index in [-0.39, 0.29) is 0 Å². The number of nitrogens with one attached hydrogen (secondary N) is 1. The van der Waals surface area contributed by atoms with Crippen LogP contribution >= 0.6 is 0 Å². The molecule has 0 atom stereocenters. The van der Waals surface area contributed by atoms with Crippen LogP contribution in [0.1, 0.15) is 24.8 Å². The number of hydrogen-bond donors (Lipinski definition) is 1. The molecule has 0 bridgehead atoms. The predicted molar refractivity (Wildman–Crippen MR) is 72.9 cm³/mol. The first-order valence-corrected chi connectivity index (χ1v) is 6.82. The molecule has 1 saturated carbocycles. The van der Waals surface area contributed by atoms with Crippen LogP contribution in [-0.2, 0) is 11.3 Å². The average Bonchev–Trinajstić information content (AvgIpc) is 3.19. The number of ether oxygens (including phenoxy) is 2. The van der Waals surface area contributed by atoms with Gasteiger partial charge in [-0.25, -0.2) is 0 Å². The Morgan fingerprint density at radius 1 is 1.22 bits per heavy atom. The Morgan fingerprint density at radius 2 is 2.11 bits per heavy atom. The van der Waals surface area contributed by atoms with Crippen LogP contribution in [0.15, 0.2) is 24.3 Å². The second kappa shape index (κ2) is 7.39. The Hall–Kier alpha value is -1.06. The van der Waals surface area contributed by atoms with Crippen molar-refractivity contribution in [3.63, 3.8) is 0 Å². The first-order chi connectivity index (χ1) is 8.88. The summed E-state index contributed by atoms with van der Waals surface area (Å²) in [6, 6.07) is 8.18. The zero-order valence-corrected chi connectivity index (χ0v) is 11.2. The molecule has 1 aliphatic carbocycles. The quantitative estimate of drug-likeness (QED) is 0.682. The minimum absolute atomic E-state index is 0.633. The lowest BCUT2D eigenvalue weighted by atomic mass is 10.2. The van der Waals surface area contributed by atoms with Crippen molar-refractivity contribution in [3.05, 3.63) is 29.8 Å². The minimum atomic E-state index is 0.633. The molecule has 0 radical (unpaired) electrons. The van der Waals surface area contributed by atoms with Gasteiger partial charge in [0.05, 0.1) is 6.61 Å². The second-order valence-electron chi connectivity index (χ2n) is 4.87. The van der Waals surface area contributed by atoms with Gasteiger partial charge >= 0.3 is 0 Å². The molecule has 0 amide bonds. The van der Waals surface area contributed by atoms with Gasteiger partial charge < -0.3 is 14.8 Å². The van der Waals surface area contributed by atoms with Crippen LogP contribution in [0.5, 0.6) is 5.75 Å². The first kappa shape index (κ1) is 13.4. The minimum Gasteiger partial charge on any atom is -0.491 e. The molecule has 3 nitrogen and oxygen atoms in total. The fourth-order valence-electron chi connectivity index (χ4n) is 1.93. The van der Waals surface area contributed by atoms with E-state index in [0.717, 1.165) is 24.8 Å². The van der Waals surface area contributed by atoms with Crippen molar-refractivity contribution in [2.75, 3.05) is 26.9 Å². The van der Waals surface area contributed by atoms with Gasteiger partial charge in [-0.1, -0.05) is 25.0 Å². The molecular weight excluding hydrogens is 226 g/mol. The molecule has 1 aliphatic rings. The van der Waals surface area contributed by atoms with Gasteiger partial charge in [-0.15, -0.1) is 0 Å². The van der Waals surface area contributed by atoms with Crippen molar-refractivity contribution in [3.8, 4) is 5.75 Å². The Kier molecular flexibility index (Phi) is 5.49. The third kappa shape index (κ3) is 5.07. The van der Waals surface area contributed by atoms with Crippen molar-refractivity contribution in [1.29, 1.82) is 0 Å². The van der Waals surface area contributed by atoms with E-state index in [4.69, 9.17) is 9.47 Å². The molecule has 3 heteroatoms. The average molecular weight is 249 g/mol. The van der Waals surface area contributed by atoms with Gasteiger partial charge in [-0.05, 0) is 37.1 Å². The van der Waals surface area contributed by atoms with Gasteiger partial charge in [0.15, 0.2) is 0 Å². The van der Waals surface area contributed by atoms with Gasteiger partial charge in [0, 0.05) is 13.2 Å². The summed E-state index contributed by atoms with van der Waals surface area (Å²) in [5.74, 6) is 1.87. The Bertz CT molecular complexity index is 350. The topological polar surface area (TPSA) is 30.5 Å². The number of hydrogen-bond acceptors (Lipinski definition) is 3. The molecule has 18 heavy (non-hydrogen) atoms. The molecule has 1 N–H and O–H groups in total. The Balaban J connectivity index is 1.58. The summed E-state index contributed by atoms with van der Waals surface area (Å²) in [7, 11) is 1.95. The summed E-state index contributed by atoms with van der Waals surface area (Å²) in [4.78, 5) is 0. The molecule has 0 unspecified atom stereocenters. The van der Waals surface area contributed by atoms with Crippen molar-refractivity contribution in [2.45, 2.75) is 25.8 Å². The number of benzene rings is 1. The summed E-state index contributed by atoms with van der Waals surface area (Å²) in [6.07, 6.45) is 4.02. The first-order valence-electron chi connectivity index (χ1n) is 6.82. The highest BCUT2D eigenvalue weighted by Crippen LogP contribution is 2.32. The van der Waals surface area contributed by atoms with Crippen LogP contribution < -0.4 is 10.1 Å². The van der Waals surface area contributed by atoms with Gasteiger partial charge in [0.25, 0.3) is 0 Å². The fraction of sp³-hybridized carbons (Fsp3) is 0.600. The van der Waals surface area contributed by atoms with Crippen molar-refractivity contribution in [2.24, 2.45) is 5.92 Å². The van der Waals surface area contributed by atoms with E-state index in [0.29, 0.717) is 13.2 Å². The maximum Gasteiger partial charge on any atom is 0.119 e. The molecule has 2 rings (SSSR count). The maximum atomic E-state index is 5.66.